The van der Waals surface area contributed by atoms with Gasteiger partial charge in [0.1, 0.15) is 0 Å². The summed E-state index contributed by atoms with van der Waals surface area (Å²) in [5.41, 5.74) is 6.11. The van der Waals surface area contributed by atoms with Crippen LogP contribution in [0, 0.1) is 0 Å². The van der Waals surface area contributed by atoms with Gasteiger partial charge in [0.05, 0.1) is 7.11 Å². The zero-order valence-electron chi connectivity index (χ0n) is 6.66. The molecule has 1 rings (SSSR count). The Morgan fingerprint density at radius 3 is 2.08 bits per heavy atom. The highest BCUT2D eigenvalue weighted by molar-refractivity contribution is 6.30. The van der Waals surface area contributed by atoms with Gasteiger partial charge < -0.3 is 10.5 Å². The second-order valence-electron chi connectivity index (χ2n) is 1.88. The minimum absolute atomic E-state index is 0.375. The SMILES string of the molecule is COC=O.Nc1ccc(Cl)cc1. The number of halogens is 1. The minimum Gasteiger partial charge on any atom is -0.471 e. The zero-order valence-corrected chi connectivity index (χ0v) is 7.41. The van der Waals surface area contributed by atoms with Gasteiger partial charge in [0.2, 0.25) is 0 Å². The molecule has 0 amide bonds. The number of carbonyl (C=O) groups excluding carboxylic acids is 1. The molecule has 0 spiro atoms. The smallest absolute Gasteiger partial charge is 0.292 e. The molecule has 0 aromatic heterocycles. The molecule has 0 heterocycles. The van der Waals surface area contributed by atoms with Gasteiger partial charge in [0.25, 0.3) is 6.47 Å². The summed E-state index contributed by atoms with van der Waals surface area (Å²) in [6.45, 7) is 0.375. The van der Waals surface area contributed by atoms with Gasteiger partial charge in [-0.25, -0.2) is 0 Å². The number of hydrogen-bond donors (Lipinski definition) is 1. The first kappa shape index (κ1) is 10.8. The topological polar surface area (TPSA) is 52.3 Å². The van der Waals surface area contributed by atoms with Crippen LogP contribution in [-0.4, -0.2) is 13.6 Å². The molecular weight excluding hydrogens is 178 g/mol. The summed E-state index contributed by atoms with van der Waals surface area (Å²) >= 11 is 5.56. The Morgan fingerprint density at radius 2 is 1.83 bits per heavy atom. The van der Waals surface area contributed by atoms with Crippen molar-refractivity contribution >= 4 is 23.8 Å². The summed E-state index contributed by atoms with van der Waals surface area (Å²) in [5.74, 6) is 0. The minimum atomic E-state index is 0.375. The van der Waals surface area contributed by atoms with E-state index >= 15 is 0 Å². The number of carbonyl (C=O) groups is 1. The molecule has 0 saturated heterocycles. The van der Waals surface area contributed by atoms with Crippen LogP contribution in [0.25, 0.3) is 0 Å². The third-order valence-electron chi connectivity index (χ3n) is 0.966. The van der Waals surface area contributed by atoms with Gasteiger partial charge in [-0.15, -0.1) is 0 Å². The Bertz CT molecular complexity index is 202. The van der Waals surface area contributed by atoms with E-state index in [2.05, 4.69) is 4.74 Å². The maximum absolute atomic E-state index is 8.95. The first-order valence-corrected chi connectivity index (χ1v) is 3.56. The lowest BCUT2D eigenvalue weighted by Crippen LogP contribution is -1.80. The molecule has 0 radical (unpaired) electrons. The van der Waals surface area contributed by atoms with E-state index in [0.29, 0.717) is 6.47 Å². The lowest BCUT2D eigenvalue weighted by atomic mass is 10.3. The van der Waals surface area contributed by atoms with E-state index in [1.165, 1.54) is 7.11 Å². The van der Waals surface area contributed by atoms with Crippen LogP contribution in [0.4, 0.5) is 5.69 Å². The fourth-order valence-corrected chi connectivity index (χ4v) is 0.589. The van der Waals surface area contributed by atoms with Crippen molar-refractivity contribution in [3.63, 3.8) is 0 Å². The predicted molar refractivity (Wildman–Crippen MR) is 48.9 cm³/mol. The molecule has 0 bridgehead atoms. The van der Waals surface area contributed by atoms with Crippen LogP contribution < -0.4 is 5.73 Å². The lowest BCUT2D eigenvalue weighted by molar-refractivity contribution is -0.126. The van der Waals surface area contributed by atoms with Crippen molar-refractivity contribution in [2.45, 2.75) is 0 Å². The fourth-order valence-electron chi connectivity index (χ4n) is 0.463. The van der Waals surface area contributed by atoms with Gasteiger partial charge in [0, 0.05) is 10.7 Å². The van der Waals surface area contributed by atoms with Crippen molar-refractivity contribution in [1.82, 2.24) is 0 Å². The first-order valence-electron chi connectivity index (χ1n) is 3.18. The van der Waals surface area contributed by atoms with Crippen molar-refractivity contribution in [1.29, 1.82) is 0 Å². The average molecular weight is 188 g/mol. The van der Waals surface area contributed by atoms with Gasteiger partial charge in [-0.3, -0.25) is 4.79 Å². The largest absolute Gasteiger partial charge is 0.471 e. The summed E-state index contributed by atoms with van der Waals surface area (Å²) in [6.07, 6.45) is 0. The van der Waals surface area contributed by atoms with E-state index in [0.717, 1.165) is 10.7 Å². The normalized spacial score (nSPS) is 7.83. The number of hydrogen-bond acceptors (Lipinski definition) is 3. The second-order valence-corrected chi connectivity index (χ2v) is 2.32. The van der Waals surface area contributed by atoms with Crippen LogP contribution in [-0.2, 0) is 9.53 Å². The van der Waals surface area contributed by atoms with Crippen molar-refractivity contribution in [3.05, 3.63) is 29.3 Å². The monoisotopic (exact) mass is 187 g/mol. The van der Waals surface area contributed by atoms with Crippen LogP contribution in [0.1, 0.15) is 0 Å². The molecule has 0 fully saturated rings. The van der Waals surface area contributed by atoms with E-state index < -0.39 is 0 Å². The number of ether oxygens (including phenoxy) is 1. The number of methoxy groups -OCH3 is 1. The average Bonchev–Trinajstić information content (AvgIpc) is 2.11. The Labute approximate surface area is 76.1 Å². The van der Waals surface area contributed by atoms with Crippen LogP contribution in [0.3, 0.4) is 0 Å². The molecule has 0 aliphatic heterocycles. The number of anilines is 1. The van der Waals surface area contributed by atoms with Gasteiger partial charge in [-0.2, -0.15) is 0 Å². The Balaban J connectivity index is 0.000000261. The van der Waals surface area contributed by atoms with Crippen LogP contribution in [0.15, 0.2) is 24.3 Å². The molecule has 0 aliphatic carbocycles. The summed E-state index contributed by atoms with van der Waals surface area (Å²) in [7, 11) is 1.31. The quantitative estimate of drug-likeness (QED) is 0.538. The molecule has 0 saturated carbocycles. The highest BCUT2D eigenvalue weighted by Gasteiger charge is 1.82. The van der Waals surface area contributed by atoms with Crippen LogP contribution in [0.2, 0.25) is 5.02 Å². The van der Waals surface area contributed by atoms with Gasteiger partial charge >= 0.3 is 0 Å². The molecule has 3 nitrogen and oxygen atoms in total. The summed E-state index contributed by atoms with van der Waals surface area (Å²) in [4.78, 5) is 8.95. The summed E-state index contributed by atoms with van der Waals surface area (Å²) < 4.78 is 3.86. The maximum Gasteiger partial charge on any atom is 0.292 e. The number of nitrogens with two attached hydrogens (primary N) is 1. The highest BCUT2D eigenvalue weighted by Crippen LogP contribution is 2.09. The molecule has 0 aliphatic rings. The molecule has 66 valence electrons. The number of nitrogen functional groups attached to an aromatic ring is 1. The Kier molecular flexibility index (Phi) is 5.83. The third-order valence-corrected chi connectivity index (χ3v) is 1.22. The third kappa shape index (κ3) is 5.56. The van der Waals surface area contributed by atoms with Crippen molar-refractivity contribution in [2.75, 3.05) is 12.8 Å². The van der Waals surface area contributed by atoms with E-state index in [9.17, 15) is 0 Å². The number of benzene rings is 1. The van der Waals surface area contributed by atoms with Crippen molar-refractivity contribution in [2.24, 2.45) is 0 Å². The molecule has 1 aromatic rings. The number of rotatable bonds is 1. The van der Waals surface area contributed by atoms with Crippen molar-refractivity contribution < 1.29 is 9.53 Å². The molecule has 2 N–H and O–H groups in total. The van der Waals surface area contributed by atoms with E-state index in [4.69, 9.17) is 22.1 Å². The molecule has 1 aromatic carbocycles. The molecular formula is C8H10ClNO2. The molecule has 0 atom stereocenters. The zero-order chi connectivity index (χ0) is 9.40. The van der Waals surface area contributed by atoms with Gasteiger partial charge in [0.15, 0.2) is 0 Å². The molecule has 12 heavy (non-hydrogen) atoms. The van der Waals surface area contributed by atoms with Crippen molar-refractivity contribution in [3.8, 4) is 0 Å². The van der Waals surface area contributed by atoms with Gasteiger partial charge in [-0.05, 0) is 24.3 Å². The molecule has 0 unspecified atom stereocenters. The van der Waals surface area contributed by atoms with E-state index in [-0.39, 0.29) is 0 Å². The first-order chi connectivity index (χ1) is 5.70. The lowest BCUT2D eigenvalue weighted by Gasteiger charge is -1.88. The Morgan fingerprint density at radius 1 is 1.42 bits per heavy atom. The maximum atomic E-state index is 8.95. The standard InChI is InChI=1S/C6H6ClN.C2H4O2/c7-5-1-3-6(8)4-2-5;1-4-2-3/h1-4H,8H2;2H,1H3. The second kappa shape index (κ2) is 6.49. The predicted octanol–water partition coefficient (Wildman–Crippen LogP) is 1.71. The van der Waals surface area contributed by atoms with E-state index in [1.807, 2.05) is 0 Å². The molecule has 4 heteroatoms. The van der Waals surface area contributed by atoms with E-state index in [1.54, 1.807) is 24.3 Å². The van der Waals surface area contributed by atoms with Gasteiger partial charge in [-0.1, -0.05) is 11.6 Å². The summed E-state index contributed by atoms with van der Waals surface area (Å²) in [5, 5.41) is 0.721. The van der Waals surface area contributed by atoms with Crippen LogP contribution in [0.5, 0.6) is 0 Å². The Hall–Kier alpha value is -1.22. The van der Waals surface area contributed by atoms with Crippen LogP contribution >= 0.6 is 11.6 Å². The highest BCUT2D eigenvalue weighted by atomic mass is 35.5. The fraction of sp³-hybridized carbons (Fsp3) is 0.125. The summed E-state index contributed by atoms with van der Waals surface area (Å²) in [6, 6.07) is 7.05.